The molecule has 0 aromatic heterocycles. The first kappa shape index (κ1) is 13.4. The van der Waals surface area contributed by atoms with Gasteiger partial charge in [-0.2, -0.15) is 0 Å². The second kappa shape index (κ2) is 5.76. The zero-order valence-corrected chi connectivity index (χ0v) is 10.6. The lowest BCUT2D eigenvalue weighted by molar-refractivity contribution is 0.0154. The number of nitrogens with one attached hydrogen (secondary N) is 1. The van der Waals surface area contributed by atoms with E-state index in [-0.39, 0.29) is 5.41 Å². The first-order chi connectivity index (χ1) is 8.65. The maximum atomic E-state index is 13.7. The Balaban J connectivity index is 2.17. The summed E-state index contributed by atoms with van der Waals surface area (Å²) in [6.45, 7) is 2.25. The van der Waals surface area contributed by atoms with E-state index in [4.69, 9.17) is 4.74 Å². The lowest BCUT2D eigenvalue weighted by Crippen LogP contribution is -2.40. The molecule has 1 aliphatic rings. The smallest absolute Gasteiger partial charge is 0.129 e. The van der Waals surface area contributed by atoms with E-state index in [2.05, 4.69) is 5.32 Å². The zero-order chi connectivity index (χ0) is 13.0. The highest BCUT2D eigenvalue weighted by Gasteiger charge is 2.32. The molecule has 0 saturated carbocycles. The molecule has 0 unspecified atom stereocenters. The van der Waals surface area contributed by atoms with Crippen LogP contribution in [0.25, 0.3) is 0 Å². The van der Waals surface area contributed by atoms with E-state index in [1.807, 2.05) is 7.05 Å². The Morgan fingerprint density at radius 3 is 2.61 bits per heavy atom. The van der Waals surface area contributed by atoms with Gasteiger partial charge in [0.15, 0.2) is 0 Å². The van der Waals surface area contributed by atoms with Crippen molar-refractivity contribution in [2.24, 2.45) is 5.41 Å². The molecule has 0 bridgehead atoms. The van der Waals surface area contributed by atoms with Crippen LogP contribution in [0.5, 0.6) is 0 Å². The van der Waals surface area contributed by atoms with E-state index in [9.17, 15) is 8.78 Å². The normalized spacial score (nSPS) is 18.8. The van der Waals surface area contributed by atoms with Gasteiger partial charge in [-0.3, -0.25) is 0 Å². The predicted molar refractivity (Wildman–Crippen MR) is 66.5 cm³/mol. The Hall–Kier alpha value is -1.00. The van der Waals surface area contributed by atoms with Gasteiger partial charge in [0.25, 0.3) is 0 Å². The van der Waals surface area contributed by atoms with Gasteiger partial charge in [0.05, 0.1) is 0 Å². The third-order valence-electron chi connectivity index (χ3n) is 3.69. The summed E-state index contributed by atoms with van der Waals surface area (Å²) in [6, 6.07) is 3.84. The largest absolute Gasteiger partial charge is 0.381 e. The molecule has 0 aliphatic carbocycles. The third-order valence-corrected chi connectivity index (χ3v) is 3.69. The lowest BCUT2D eigenvalue weighted by Gasteiger charge is -2.37. The van der Waals surface area contributed by atoms with Gasteiger partial charge in [-0.05, 0) is 43.4 Å². The first-order valence-corrected chi connectivity index (χ1v) is 6.31. The minimum absolute atomic E-state index is 0.0195. The molecule has 0 radical (unpaired) electrons. The van der Waals surface area contributed by atoms with Crippen molar-refractivity contribution in [3.63, 3.8) is 0 Å². The summed E-state index contributed by atoms with van der Waals surface area (Å²) in [4.78, 5) is 0. The molecule has 0 amide bonds. The molecular formula is C14H19F2NO. The minimum Gasteiger partial charge on any atom is -0.381 e. The van der Waals surface area contributed by atoms with Crippen molar-refractivity contribution >= 4 is 0 Å². The fourth-order valence-electron chi connectivity index (χ4n) is 2.66. The molecular weight excluding hydrogens is 236 g/mol. The molecule has 4 heteroatoms. The Bertz CT molecular complexity index is 397. The van der Waals surface area contributed by atoms with Crippen LogP contribution in [0.15, 0.2) is 18.2 Å². The second-order valence-electron chi connectivity index (χ2n) is 5.06. The number of halogens is 2. The topological polar surface area (TPSA) is 21.3 Å². The van der Waals surface area contributed by atoms with Gasteiger partial charge in [-0.25, -0.2) is 8.78 Å². The number of hydrogen-bond donors (Lipinski definition) is 1. The van der Waals surface area contributed by atoms with Crippen LogP contribution in [0.3, 0.4) is 0 Å². The van der Waals surface area contributed by atoms with E-state index in [1.54, 1.807) is 6.07 Å². The predicted octanol–water partition coefficient (Wildman–Crippen LogP) is 2.52. The van der Waals surface area contributed by atoms with E-state index in [0.717, 1.165) is 25.5 Å². The molecule has 1 saturated heterocycles. The summed E-state index contributed by atoms with van der Waals surface area (Å²) in [5.41, 5.74) is 0.611. The summed E-state index contributed by atoms with van der Waals surface area (Å²) in [6.07, 6.45) is 2.44. The van der Waals surface area contributed by atoms with Crippen LogP contribution in [0.2, 0.25) is 0 Å². The summed E-state index contributed by atoms with van der Waals surface area (Å²) >= 11 is 0. The van der Waals surface area contributed by atoms with Gasteiger partial charge in [0, 0.05) is 25.8 Å². The molecule has 2 rings (SSSR count). The molecule has 1 aromatic carbocycles. The second-order valence-corrected chi connectivity index (χ2v) is 5.06. The Morgan fingerprint density at radius 2 is 2.00 bits per heavy atom. The van der Waals surface area contributed by atoms with Crippen molar-refractivity contribution in [3.05, 3.63) is 35.4 Å². The van der Waals surface area contributed by atoms with Gasteiger partial charge in [0.2, 0.25) is 0 Å². The third kappa shape index (κ3) is 3.06. The van der Waals surface area contributed by atoms with Gasteiger partial charge in [0.1, 0.15) is 11.6 Å². The highest BCUT2D eigenvalue weighted by atomic mass is 19.1. The van der Waals surface area contributed by atoms with Crippen LogP contribution in [0.1, 0.15) is 18.4 Å². The molecule has 2 nitrogen and oxygen atoms in total. The highest BCUT2D eigenvalue weighted by Crippen LogP contribution is 2.34. The molecule has 0 spiro atoms. The SMILES string of the molecule is CNCC1(Cc2ccc(F)cc2F)CCOCC1. The van der Waals surface area contributed by atoms with Crippen molar-refractivity contribution in [1.82, 2.24) is 5.32 Å². The Kier molecular flexibility index (Phi) is 4.30. The quantitative estimate of drug-likeness (QED) is 0.892. The summed E-state index contributed by atoms with van der Waals surface area (Å²) in [5.74, 6) is -0.970. The van der Waals surface area contributed by atoms with Crippen LogP contribution < -0.4 is 5.32 Å². The van der Waals surface area contributed by atoms with E-state index in [1.165, 1.54) is 6.07 Å². The number of benzene rings is 1. The molecule has 1 heterocycles. The minimum atomic E-state index is -0.522. The van der Waals surface area contributed by atoms with Crippen molar-refractivity contribution in [2.45, 2.75) is 19.3 Å². The van der Waals surface area contributed by atoms with E-state index >= 15 is 0 Å². The maximum Gasteiger partial charge on any atom is 0.129 e. The molecule has 1 fully saturated rings. The fraction of sp³-hybridized carbons (Fsp3) is 0.571. The van der Waals surface area contributed by atoms with Gasteiger partial charge in [-0.1, -0.05) is 6.07 Å². The van der Waals surface area contributed by atoms with E-state index < -0.39 is 11.6 Å². The van der Waals surface area contributed by atoms with Crippen molar-refractivity contribution < 1.29 is 13.5 Å². The van der Waals surface area contributed by atoms with Gasteiger partial charge < -0.3 is 10.1 Å². The van der Waals surface area contributed by atoms with Crippen LogP contribution in [-0.4, -0.2) is 26.8 Å². The van der Waals surface area contributed by atoms with Crippen molar-refractivity contribution in [2.75, 3.05) is 26.8 Å². The number of rotatable bonds is 4. The zero-order valence-electron chi connectivity index (χ0n) is 10.6. The highest BCUT2D eigenvalue weighted by molar-refractivity contribution is 5.20. The molecule has 1 aliphatic heterocycles. The van der Waals surface area contributed by atoms with Crippen LogP contribution in [-0.2, 0) is 11.2 Å². The van der Waals surface area contributed by atoms with E-state index in [0.29, 0.717) is 25.2 Å². The number of ether oxygens (including phenoxy) is 1. The average Bonchev–Trinajstić information content (AvgIpc) is 2.34. The average molecular weight is 255 g/mol. The summed E-state index contributed by atoms with van der Waals surface area (Å²) in [7, 11) is 1.90. The molecule has 1 aromatic rings. The molecule has 1 N–H and O–H groups in total. The lowest BCUT2D eigenvalue weighted by atomic mass is 9.75. The molecule has 18 heavy (non-hydrogen) atoms. The van der Waals surface area contributed by atoms with Gasteiger partial charge >= 0.3 is 0 Å². The monoisotopic (exact) mass is 255 g/mol. The van der Waals surface area contributed by atoms with Crippen LogP contribution >= 0.6 is 0 Å². The standard InChI is InChI=1S/C14H19F2NO/c1-17-10-14(4-6-18-7-5-14)9-11-2-3-12(15)8-13(11)16/h2-3,8,17H,4-7,9-10H2,1H3. The summed E-state index contributed by atoms with van der Waals surface area (Å²) < 4.78 is 32.0. The van der Waals surface area contributed by atoms with Crippen molar-refractivity contribution in [1.29, 1.82) is 0 Å². The van der Waals surface area contributed by atoms with Gasteiger partial charge in [-0.15, -0.1) is 0 Å². The fourth-order valence-corrected chi connectivity index (χ4v) is 2.66. The Labute approximate surface area is 106 Å². The number of hydrogen-bond acceptors (Lipinski definition) is 2. The Morgan fingerprint density at radius 1 is 1.28 bits per heavy atom. The van der Waals surface area contributed by atoms with Crippen LogP contribution in [0.4, 0.5) is 8.78 Å². The van der Waals surface area contributed by atoms with Crippen molar-refractivity contribution in [3.8, 4) is 0 Å². The van der Waals surface area contributed by atoms with Crippen LogP contribution in [0, 0.1) is 17.0 Å². The molecule has 0 atom stereocenters. The molecule has 100 valence electrons. The first-order valence-electron chi connectivity index (χ1n) is 6.31. The maximum absolute atomic E-state index is 13.7. The summed E-state index contributed by atoms with van der Waals surface area (Å²) in [5, 5.41) is 3.18.